The van der Waals surface area contributed by atoms with Crippen LogP contribution in [0.5, 0.6) is 0 Å². The summed E-state index contributed by atoms with van der Waals surface area (Å²) in [4.78, 5) is 22.2. The molecule has 1 aliphatic rings. The molecule has 0 saturated heterocycles. The average Bonchev–Trinajstić information content (AvgIpc) is 3.00. The number of amides is 1. The second-order valence-electron chi connectivity index (χ2n) is 3.55. The van der Waals surface area contributed by atoms with Crippen LogP contribution >= 0.6 is 0 Å². The van der Waals surface area contributed by atoms with E-state index in [1.807, 2.05) is 12.1 Å². The number of carbonyl (C=O) groups excluding carboxylic acids is 2. The van der Waals surface area contributed by atoms with Crippen molar-refractivity contribution < 1.29 is 9.59 Å². The Kier molecular flexibility index (Phi) is 2.08. The van der Waals surface area contributed by atoms with Crippen molar-refractivity contribution in [2.45, 2.75) is 18.8 Å². The Morgan fingerprint density at radius 3 is 2.43 bits per heavy atom. The van der Waals surface area contributed by atoms with Gasteiger partial charge < -0.3 is 5.73 Å². The van der Waals surface area contributed by atoms with E-state index in [1.54, 1.807) is 12.1 Å². The Bertz CT molecular complexity index is 394. The first-order chi connectivity index (χ1) is 6.70. The topological polar surface area (TPSA) is 60.2 Å². The minimum atomic E-state index is -0.877. The number of carbonyl (C=O) groups is 2. The van der Waals surface area contributed by atoms with E-state index in [1.165, 1.54) is 0 Å². The minimum Gasteiger partial charge on any atom is -0.363 e. The molecule has 1 fully saturated rings. The molecular weight excluding hydrogens is 178 g/mol. The molecule has 1 amide bonds. The molecule has 1 aliphatic carbocycles. The zero-order valence-corrected chi connectivity index (χ0v) is 7.69. The molecule has 1 saturated carbocycles. The van der Waals surface area contributed by atoms with Crippen LogP contribution in [-0.4, -0.2) is 11.7 Å². The van der Waals surface area contributed by atoms with Crippen LogP contribution in [0.15, 0.2) is 24.3 Å². The van der Waals surface area contributed by atoms with E-state index in [4.69, 9.17) is 5.73 Å². The molecule has 1 aromatic carbocycles. The highest BCUT2D eigenvalue weighted by molar-refractivity contribution is 6.42. The second-order valence-corrected chi connectivity index (χ2v) is 3.55. The van der Waals surface area contributed by atoms with Gasteiger partial charge in [-0.3, -0.25) is 9.59 Å². The molecular formula is C11H11NO2. The Balaban J connectivity index is 2.40. The summed E-state index contributed by atoms with van der Waals surface area (Å²) in [6.07, 6.45) is 2.20. The summed E-state index contributed by atoms with van der Waals surface area (Å²) in [5.74, 6) is -1.000. The number of rotatable bonds is 3. The lowest BCUT2D eigenvalue weighted by atomic mass is 10.00. The van der Waals surface area contributed by atoms with Gasteiger partial charge >= 0.3 is 0 Å². The van der Waals surface area contributed by atoms with Gasteiger partial charge in [-0.1, -0.05) is 24.3 Å². The molecule has 2 N–H and O–H groups in total. The SMILES string of the molecule is NC(=O)C(=O)c1ccccc1C1CC1. The van der Waals surface area contributed by atoms with E-state index >= 15 is 0 Å². The van der Waals surface area contributed by atoms with Gasteiger partial charge in [-0.25, -0.2) is 0 Å². The van der Waals surface area contributed by atoms with Gasteiger partial charge in [0.15, 0.2) is 0 Å². The van der Waals surface area contributed by atoms with Crippen LogP contribution in [0.1, 0.15) is 34.7 Å². The van der Waals surface area contributed by atoms with Gasteiger partial charge in [-0.05, 0) is 24.3 Å². The molecule has 0 radical (unpaired) electrons. The van der Waals surface area contributed by atoms with Crippen molar-refractivity contribution >= 4 is 11.7 Å². The highest BCUT2D eigenvalue weighted by Gasteiger charge is 2.28. The van der Waals surface area contributed by atoms with Gasteiger partial charge in [0, 0.05) is 5.56 Å². The van der Waals surface area contributed by atoms with Crippen LogP contribution in [0.2, 0.25) is 0 Å². The maximum atomic E-state index is 11.4. The van der Waals surface area contributed by atoms with Gasteiger partial charge in [0.1, 0.15) is 0 Å². The number of hydrogen-bond acceptors (Lipinski definition) is 2. The van der Waals surface area contributed by atoms with E-state index in [0.717, 1.165) is 18.4 Å². The van der Waals surface area contributed by atoms with Crippen molar-refractivity contribution in [3.63, 3.8) is 0 Å². The Morgan fingerprint density at radius 1 is 1.21 bits per heavy atom. The van der Waals surface area contributed by atoms with Crippen LogP contribution < -0.4 is 5.73 Å². The molecule has 0 spiro atoms. The van der Waals surface area contributed by atoms with Crippen LogP contribution in [0.3, 0.4) is 0 Å². The number of nitrogens with two attached hydrogens (primary N) is 1. The summed E-state index contributed by atoms with van der Waals surface area (Å²) >= 11 is 0. The summed E-state index contributed by atoms with van der Waals surface area (Å²) in [5.41, 5.74) is 6.41. The number of Topliss-reactive ketones (excluding diaryl/α,β-unsaturated/α-hetero) is 1. The normalized spacial score (nSPS) is 15.1. The zero-order chi connectivity index (χ0) is 10.1. The van der Waals surface area contributed by atoms with Crippen LogP contribution in [-0.2, 0) is 4.79 Å². The van der Waals surface area contributed by atoms with Crippen molar-refractivity contribution in [1.29, 1.82) is 0 Å². The van der Waals surface area contributed by atoms with Crippen LogP contribution in [0.25, 0.3) is 0 Å². The molecule has 0 aromatic heterocycles. The van der Waals surface area contributed by atoms with Crippen LogP contribution in [0.4, 0.5) is 0 Å². The van der Waals surface area contributed by atoms with Gasteiger partial charge in [0.25, 0.3) is 5.91 Å². The fraction of sp³-hybridized carbons (Fsp3) is 0.273. The zero-order valence-electron chi connectivity index (χ0n) is 7.69. The van der Waals surface area contributed by atoms with E-state index in [-0.39, 0.29) is 0 Å². The Morgan fingerprint density at radius 2 is 1.86 bits per heavy atom. The number of benzene rings is 1. The first-order valence-electron chi connectivity index (χ1n) is 4.63. The van der Waals surface area contributed by atoms with Crippen molar-refractivity contribution in [1.82, 2.24) is 0 Å². The predicted octanol–water partition coefficient (Wildman–Crippen LogP) is 1.23. The smallest absolute Gasteiger partial charge is 0.289 e. The van der Waals surface area contributed by atoms with Crippen molar-refractivity contribution in [3.8, 4) is 0 Å². The summed E-state index contributed by atoms with van der Waals surface area (Å²) in [6, 6.07) is 7.20. The maximum Gasteiger partial charge on any atom is 0.289 e. The van der Waals surface area contributed by atoms with Gasteiger partial charge in [-0.2, -0.15) is 0 Å². The second kappa shape index (κ2) is 3.25. The standard InChI is InChI=1S/C11H11NO2/c12-11(14)10(13)9-4-2-1-3-8(9)7-5-6-7/h1-4,7H,5-6H2,(H2,12,14). The lowest BCUT2D eigenvalue weighted by Gasteiger charge is -2.04. The molecule has 0 heterocycles. The largest absolute Gasteiger partial charge is 0.363 e. The number of primary amides is 1. The minimum absolute atomic E-state index is 0.453. The highest BCUT2D eigenvalue weighted by atomic mass is 16.2. The molecule has 3 nitrogen and oxygen atoms in total. The monoisotopic (exact) mass is 189 g/mol. The molecule has 72 valence electrons. The predicted molar refractivity (Wildman–Crippen MR) is 51.9 cm³/mol. The Labute approximate surface area is 81.9 Å². The fourth-order valence-corrected chi connectivity index (χ4v) is 1.59. The number of ketones is 1. The van der Waals surface area contributed by atoms with E-state index in [0.29, 0.717) is 11.5 Å². The van der Waals surface area contributed by atoms with E-state index in [9.17, 15) is 9.59 Å². The summed E-state index contributed by atoms with van der Waals surface area (Å²) in [5, 5.41) is 0. The highest BCUT2D eigenvalue weighted by Crippen LogP contribution is 2.41. The first-order valence-corrected chi connectivity index (χ1v) is 4.63. The summed E-state index contributed by atoms with van der Waals surface area (Å²) < 4.78 is 0. The lowest BCUT2D eigenvalue weighted by Crippen LogP contribution is -2.24. The number of hydrogen-bond donors (Lipinski definition) is 1. The van der Waals surface area contributed by atoms with Gasteiger partial charge in [0.05, 0.1) is 0 Å². The molecule has 2 rings (SSSR count). The van der Waals surface area contributed by atoms with E-state index < -0.39 is 11.7 Å². The molecule has 0 unspecified atom stereocenters. The molecule has 1 aromatic rings. The lowest BCUT2D eigenvalue weighted by molar-refractivity contribution is -0.114. The van der Waals surface area contributed by atoms with Crippen molar-refractivity contribution in [3.05, 3.63) is 35.4 Å². The van der Waals surface area contributed by atoms with Crippen LogP contribution in [0, 0.1) is 0 Å². The maximum absolute atomic E-state index is 11.4. The third-order valence-electron chi connectivity index (χ3n) is 2.45. The summed E-state index contributed by atoms with van der Waals surface area (Å²) in [7, 11) is 0. The van der Waals surface area contributed by atoms with Crippen molar-refractivity contribution in [2.24, 2.45) is 5.73 Å². The third kappa shape index (κ3) is 1.53. The van der Waals surface area contributed by atoms with Crippen molar-refractivity contribution in [2.75, 3.05) is 0 Å². The summed E-state index contributed by atoms with van der Waals surface area (Å²) in [6.45, 7) is 0. The molecule has 0 atom stereocenters. The Hall–Kier alpha value is -1.64. The third-order valence-corrected chi connectivity index (χ3v) is 2.45. The molecule has 0 aliphatic heterocycles. The average molecular weight is 189 g/mol. The van der Waals surface area contributed by atoms with E-state index in [2.05, 4.69) is 0 Å². The molecule has 3 heteroatoms. The fourth-order valence-electron chi connectivity index (χ4n) is 1.59. The molecule has 0 bridgehead atoms. The first kappa shape index (κ1) is 8.94. The molecule has 14 heavy (non-hydrogen) atoms. The van der Waals surface area contributed by atoms with Gasteiger partial charge in [0.2, 0.25) is 5.78 Å². The quantitative estimate of drug-likeness (QED) is 0.574. The van der Waals surface area contributed by atoms with Gasteiger partial charge in [-0.15, -0.1) is 0 Å².